The summed E-state index contributed by atoms with van der Waals surface area (Å²) in [5.41, 5.74) is 8.69. The predicted molar refractivity (Wildman–Crippen MR) is 74.9 cm³/mol. The number of rotatable bonds is 5. The third kappa shape index (κ3) is 3.48. The molecule has 0 fully saturated rings. The zero-order valence-electron chi connectivity index (χ0n) is 11.2. The Morgan fingerprint density at radius 3 is 2.65 bits per heavy atom. The minimum Gasteiger partial charge on any atom is -0.384 e. The molecule has 1 unspecified atom stereocenters. The molecule has 0 saturated carbocycles. The third-order valence-electron chi connectivity index (χ3n) is 3.14. The smallest absolute Gasteiger partial charge is 0.124 e. The fourth-order valence-corrected chi connectivity index (χ4v) is 1.88. The van der Waals surface area contributed by atoms with Gasteiger partial charge in [0.2, 0.25) is 0 Å². The van der Waals surface area contributed by atoms with Gasteiger partial charge in [-0.1, -0.05) is 26.3 Å². The highest BCUT2D eigenvalue weighted by atomic mass is 15.1. The van der Waals surface area contributed by atoms with Crippen LogP contribution in [0.3, 0.4) is 0 Å². The standard InChI is InChI=1S/C14H23N3/c1-5-10(2)9-17(4)13-8-11(3)6-7-12(13)14(15)16/h6-8,10H,5,9H2,1-4H3,(H3,15,16). The summed E-state index contributed by atoms with van der Waals surface area (Å²) in [7, 11) is 2.06. The molecule has 3 heteroatoms. The average Bonchev–Trinajstić information content (AvgIpc) is 2.28. The van der Waals surface area contributed by atoms with Gasteiger partial charge < -0.3 is 10.6 Å². The minimum atomic E-state index is 0.135. The first-order valence-corrected chi connectivity index (χ1v) is 6.11. The molecular formula is C14H23N3. The van der Waals surface area contributed by atoms with Crippen molar-refractivity contribution in [3.05, 3.63) is 29.3 Å². The summed E-state index contributed by atoms with van der Waals surface area (Å²) in [6, 6.07) is 6.02. The number of benzene rings is 1. The van der Waals surface area contributed by atoms with Crippen LogP contribution in [0.5, 0.6) is 0 Å². The summed E-state index contributed by atoms with van der Waals surface area (Å²) in [4.78, 5) is 2.19. The molecule has 0 aliphatic rings. The lowest BCUT2D eigenvalue weighted by molar-refractivity contribution is 0.560. The van der Waals surface area contributed by atoms with E-state index in [-0.39, 0.29) is 5.84 Å². The van der Waals surface area contributed by atoms with E-state index in [1.807, 2.05) is 12.1 Å². The lowest BCUT2D eigenvalue weighted by Crippen LogP contribution is -2.26. The maximum atomic E-state index is 7.62. The highest BCUT2D eigenvalue weighted by Gasteiger charge is 2.11. The molecule has 0 aliphatic carbocycles. The highest BCUT2D eigenvalue weighted by molar-refractivity contribution is 6.00. The number of nitrogen functional groups attached to an aromatic ring is 1. The Hall–Kier alpha value is -1.51. The normalized spacial score (nSPS) is 12.2. The van der Waals surface area contributed by atoms with Gasteiger partial charge in [-0.3, -0.25) is 5.41 Å². The van der Waals surface area contributed by atoms with Crippen molar-refractivity contribution in [3.63, 3.8) is 0 Å². The van der Waals surface area contributed by atoms with E-state index in [1.54, 1.807) is 0 Å². The molecule has 0 saturated heterocycles. The van der Waals surface area contributed by atoms with Gasteiger partial charge in [-0.15, -0.1) is 0 Å². The number of aryl methyl sites for hydroxylation is 1. The molecule has 1 rings (SSSR count). The van der Waals surface area contributed by atoms with Crippen molar-refractivity contribution >= 4 is 11.5 Å². The van der Waals surface area contributed by atoms with E-state index >= 15 is 0 Å². The second-order valence-corrected chi connectivity index (χ2v) is 4.83. The van der Waals surface area contributed by atoms with Crippen molar-refractivity contribution in [3.8, 4) is 0 Å². The first kappa shape index (κ1) is 13.6. The first-order chi connectivity index (χ1) is 7.95. The topological polar surface area (TPSA) is 53.1 Å². The molecule has 3 N–H and O–H groups in total. The third-order valence-corrected chi connectivity index (χ3v) is 3.14. The van der Waals surface area contributed by atoms with Crippen molar-refractivity contribution in [1.82, 2.24) is 0 Å². The summed E-state index contributed by atoms with van der Waals surface area (Å²) in [5, 5.41) is 7.62. The van der Waals surface area contributed by atoms with Crippen molar-refractivity contribution in [2.24, 2.45) is 11.7 Å². The maximum Gasteiger partial charge on any atom is 0.124 e. The number of hydrogen-bond donors (Lipinski definition) is 2. The van der Waals surface area contributed by atoms with Crippen LogP contribution >= 0.6 is 0 Å². The van der Waals surface area contributed by atoms with E-state index in [0.29, 0.717) is 5.92 Å². The molecule has 3 nitrogen and oxygen atoms in total. The van der Waals surface area contributed by atoms with Crippen LogP contribution in [0.4, 0.5) is 5.69 Å². The number of anilines is 1. The van der Waals surface area contributed by atoms with Gasteiger partial charge in [-0.25, -0.2) is 0 Å². The molecule has 0 radical (unpaired) electrons. The molecule has 1 aromatic rings. The summed E-state index contributed by atoms with van der Waals surface area (Å²) in [6.45, 7) is 7.48. The molecule has 1 atom stereocenters. The Balaban J connectivity index is 3.02. The van der Waals surface area contributed by atoms with Gasteiger partial charge in [0.25, 0.3) is 0 Å². The van der Waals surface area contributed by atoms with Gasteiger partial charge in [-0.2, -0.15) is 0 Å². The van der Waals surface area contributed by atoms with E-state index < -0.39 is 0 Å². The second-order valence-electron chi connectivity index (χ2n) is 4.83. The molecule has 17 heavy (non-hydrogen) atoms. The van der Waals surface area contributed by atoms with Crippen molar-refractivity contribution < 1.29 is 0 Å². The van der Waals surface area contributed by atoms with Crippen LogP contribution in [0.15, 0.2) is 18.2 Å². The molecule has 0 amide bonds. The minimum absolute atomic E-state index is 0.135. The Labute approximate surface area is 104 Å². The summed E-state index contributed by atoms with van der Waals surface area (Å²) in [5.74, 6) is 0.774. The van der Waals surface area contributed by atoms with Crippen LogP contribution in [-0.4, -0.2) is 19.4 Å². The summed E-state index contributed by atoms with van der Waals surface area (Å²) in [6.07, 6.45) is 1.16. The number of amidine groups is 1. The molecular weight excluding hydrogens is 210 g/mol. The van der Waals surface area contributed by atoms with E-state index in [0.717, 1.165) is 24.2 Å². The van der Waals surface area contributed by atoms with Crippen LogP contribution in [0.2, 0.25) is 0 Å². The fourth-order valence-electron chi connectivity index (χ4n) is 1.88. The van der Waals surface area contributed by atoms with Gasteiger partial charge in [0.1, 0.15) is 5.84 Å². The van der Waals surface area contributed by atoms with Crippen LogP contribution in [0.1, 0.15) is 31.4 Å². The molecule has 0 aromatic heterocycles. The Bertz CT molecular complexity index is 398. The lowest BCUT2D eigenvalue weighted by Gasteiger charge is -2.25. The SMILES string of the molecule is CCC(C)CN(C)c1cc(C)ccc1C(=N)N. The van der Waals surface area contributed by atoms with Crippen molar-refractivity contribution in [2.75, 3.05) is 18.5 Å². The number of hydrogen-bond acceptors (Lipinski definition) is 2. The zero-order valence-corrected chi connectivity index (χ0v) is 11.2. The van der Waals surface area contributed by atoms with Gasteiger partial charge >= 0.3 is 0 Å². The van der Waals surface area contributed by atoms with Crippen LogP contribution in [-0.2, 0) is 0 Å². The average molecular weight is 233 g/mol. The molecule has 0 heterocycles. The highest BCUT2D eigenvalue weighted by Crippen LogP contribution is 2.22. The van der Waals surface area contributed by atoms with E-state index in [9.17, 15) is 0 Å². The van der Waals surface area contributed by atoms with Crippen LogP contribution in [0.25, 0.3) is 0 Å². The quantitative estimate of drug-likeness (QED) is 0.607. The zero-order chi connectivity index (χ0) is 13.0. The van der Waals surface area contributed by atoms with Gasteiger partial charge in [0, 0.05) is 24.8 Å². The van der Waals surface area contributed by atoms with Crippen molar-refractivity contribution in [1.29, 1.82) is 5.41 Å². The first-order valence-electron chi connectivity index (χ1n) is 6.11. The lowest BCUT2D eigenvalue weighted by atomic mass is 10.1. The second kappa shape index (κ2) is 5.71. The number of nitrogens with two attached hydrogens (primary N) is 1. The molecule has 0 bridgehead atoms. The Morgan fingerprint density at radius 1 is 1.47 bits per heavy atom. The van der Waals surface area contributed by atoms with Gasteiger partial charge in [0.05, 0.1) is 0 Å². The van der Waals surface area contributed by atoms with Crippen LogP contribution in [0, 0.1) is 18.3 Å². The molecule has 0 aliphatic heterocycles. The van der Waals surface area contributed by atoms with E-state index in [4.69, 9.17) is 11.1 Å². The monoisotopic (exact) mass is 233 g/mol. The summed E-state index contributed by atoms with van der Waals surface area (Å²) < 4.78 is 0. The Kier molecular flexibility index (Phi) is 4.55. The van der Waals surface area contributed by atoms with Crippen molar-refractivity contribution in [2.45, 2.75) is 27.2 Å². The maximum absolute atomic E-state index is 7.62. The fraction of sp³-hybridized carbons (Fsp3) is 0.500. The summed E-state index contributed by atoms with van der Waals surface area (Å²) >= 11 is 0. The number of nitrogens with one attached hydrogen (secondary N) is 1. The van der Waals surface area contributed by atoms with Gasteiger partial charge in [0.15, 0.2) is 0 Å². The van der Waals surface area contributed by atoms with E-state index in [2.05, 4.69) is 38.8 Å². The molecule has 94 valence electrons. The molecule has 0 spiro atoms. The Morgan fingerprint density at radius 2 is 2.12 bits per heavy atom. The predicted octanol–water partition coefficient (Wildman–Crippen LogP) is 2.76. The van der Waals surface area contributed by atoms with E-state index in [1.165, 1.54) is 5.56 Å². The molecule has 1 aromatic carbocycles. The largest absolute Gasteiger partial charge is 0.384 e. The van der Waals surface area contributed by atoms with Crippen LogP contribution < -0.4 is 10.6 Å². The number of nitrogens with zero attached hydrogens (tertiary/aromatic N) is 1. The van der Waals surface area contributed by atoms with Gasteiger partial charge in [-0.05, 0) is 30.5 Å².